The summed E-state index contributed by atoms with van der Waals surface area (Å²) in [5, 5.41) is 7.75. The van der Waals surface area contributed by atoms with Crippen LogP contribution >= 0.6 is 22.7 Å². The summed E-state index contributed by atoms with van der Waals surface area (Å²) in [6.07, 6.45) is 1.16. The van der Waals surface area contributed by atoms with Crippen LogP contribution in [0.1, 0.15) is 34.6 Å². The number of rotatable bonds is 7. The Kier molecular flexibility index (Phi) is 5.51. The third kappa shape index (κ3) is 4.01. The number of hydrogen-bond acceptors (Lipinski definition) is 6. The Bertz CT molecular complexity index is 547. The Morgan fingerprint density at radius 2 is 2.10 bits per heavy atom. The van der Waals surface area contributed by atoms with Crippen molar-refractivity contribution >= 4 is 27.8 Å². The molecule has 0 radical (unpaired) electrons. The maximum atomic E-state index is 4.67. The quantitative estimate of drug-likeness (QED) is 0.796. The summed E-state index contributed by atoms with van der Waals surface area (Å²) in [6.45, 7) is 9.10. The number of aromatic nitrogens is 2. The van der Waals surface area contributed by atoms with Gasteiger partial charge in [0.25, 0.3) is 0 Å². The minimum Gasteiger partial charge on any atom is -0.345 e. The standard InChI is InChI=1S/C14H22N4S2/c1-5-6-15-7-13-10(2)16-14(20-13)18(4)8-12-9-19-11(3)17-12/h9,15H,5-8H2,1-4H3. The van der Waals surface area contributed by atoms with Crippen LogP contribution in [0, 0.1) is 13.8 Å². The first-order valence-electron chi connectivity index (χ1n) is 6.89. The normalized spacial score (nSPS) is 11.0. The van der Waals surface area contributed by atoms with E-state index < -0.39 is 0 Å². The van der Waals surface area contributed by atoms with Crippen LogP contribution < -0.4 is 10.2 Å². The Labute approximate surface area is 128 Å². The van der Waals surface area contributed by atoms with Crippen molar-refractivity contribution in [1.82, 2.24) is 15.3 Å². The van der Waals surface area contributed by atoms with Gasteiger partial charge >= 0.3 is 0 Å². The number of anilines is 1. The van der Waals surface area contributed by atoms with Crippen molar-refractivity contribution in [2.75, 3.05) is 18.5 Å². The van der Waals surface area contributed by atoms with Gasteiger partial charge in [-0.3, -0.25) is 0 Å². The van der Waals surface area contributed by atoms with E-state index in [0.717, 1.165) is 47.6 Å². The molecule has 0 aliphatic carbocycles. The molecule has 0 aliphatic rings. The van der Waals surface area contributed by atoms with Gasteiger partial charge < -0.3 is 10.2 Å². The van der Waals surface area contributed by atoms with E-state index in [-0.39, 0.29) is 0 Å². The van der Waals surface area contributed by atoms with E-state index in [1.54, 1.807) is 22.7 Å². The van der Waals surface area contributed by atoms with Gasteiger partial charge in [-0.05, 0) is 26.8 Å². The van der Waals surface area contributed by atoms with Crippen LogP contribution in [0.4, 0.5) is 5.13 Å². The SMILES string of the molecule is CCCNCc1sc(N(C)Cc2csc(C)n2)nc1C. The van der Waals surface area contributed by atoms with E-state index in [9.17, 15) is 0 Å². The zero-order chi connectivity index (χ0) is 14.5. The molecule has 0 bridgehead atoms. The molecule has 6 heteroatoms. The molecule has 0 saturated heterocycles. The van der Waals surface area contributed by atoms with Crippen molar-refractivity contribution in [3.8, 4) is 0 Å². The second-order valence-electron chi connectivity index (χ2n) is 4.90. The van der Waals surface area contributed by atoms with Crippen molar-refractivity contribution in [3.05, 3.63) is 26.7 Å². The molecule has 0 unspecified atom stereocenters. The summed E-state index contributed by atoms with van der Waals surface area (Å²) in [7, 11) is 2.08. The minimum absolute atomic E-state index is 0.819. The number of nitrogens with one attached hydrogen (secondary N) is 1. The molecule has 2 aromatic rings. The lowest BCUT2D eigenvalue weighted by atomic mass is 10.4. The highest BCUT2D eigenvalue weighted by molar-refractivity contribution is 7.15. The molecule has 20 heavy (non-hydrogen) atoms. The van der Waals surface area contributed by atoms with Crippen LogP contribution in [0.2, 0.25) is 0 Å². The van der Waals surface area contributed by atoms with Gasteiger partial charge in [0.15, 0.2) is 5.13 Å². The predicted molar refractivity (Wildman–Crippen MR) is 87.8 cm³/mol. The molecule has 2 rings (SSSR count). The van der Waals surface area contributed by atoms with E-state index in [1.807, 2.05) is 6.92 Å². The van der Waals surface area contributed by atoms with Gasteiger partial charge in [0.1, 0.15) is 0 Å². The van der Waals surface area contributed by atoms with Crippen LogP contribution in [-0.4, -0.2) is 23.6 Å². The summed E-state index contributed by atoms with van der Waals surface area (Å²) >= 11 is 3.47. The zero-order valence-corrected chi connectivity index (χ0v) is 14.2. The summed E-state index contributed by atoms with van der Waals surface area (Å²) in [5.41, 5.74) is 2.25. The molecule has 4 nitrogen and oxygen atoms in total. The van der Waals surface area contributed by atoms with Crippen LogP contribution in [-0.2, 0) is 13.1 Å². The zero-order valence-electron chi connectivity index (χ0n) is 12.6. The lowest BCUT2D eigenvalue weighted by Gasteiger charge is -2.13. The van der Waals surface area contributed by atoms with Crippen molar-refractivity contribution in [2.24, 2.45) is 0 Å². The van der Waals surface area contributed by atoms with Gasteiger partial charge in [-0.2, -0.15) is 0 Å². The molecule has 0 aliphatic heterocycles. The molecule has 0 atom stereocenters. The topological polar surface area (TPSA) is 41.0 Å². The number of nitrogens with zero attached hydrogens (tertiary/aromatic N) is 3. The maximum absolute atomic E-state index is 4.67. The molecule has 110 valence electrons. The molecule has 1 N–H and O–H groups in total. The van der Waals surface area contributed by atoms with E-state index >= 15 is 0 Å². The first kappa shape index (κ1) is 15.4. The number of hydrogen-bond donors (Lipinski definition) is 1. The van der Waals surface area contributed by atoms with Crippen molar-refractivity contribution in [2.45, 2.75) is 40.3 Å². The Morgan fingerprint density at radius 1 is 1.30 bits per heavy atom. The van der Waals surface area contributed by atoms with E-state index in [0.29, 0.717) is 0 Å². The van der Waals surface area contributed by atoms with Crippen LogP contribution in [0.3, 0.4) is 0 Å². The van der Waals surface area contributed by atoms with Crippen molar-refractivity contribution in [3.63, 3.8) is 0 Å². The summed E-state index contributed by atoms with van der Waals surface area (Å²) in [6, 6.07) is 0. The highest BCUT2D eigenvalue weighted by atomic mass is 32.1. The predicted octanol–water partition coefficient (Wildman–Crippen LogP) is 3.35. The number of aryl methyl sites for hydroxylation is 2. The van der Waals surface area contributed by atoms with Gasteiger partial charge in [0.05, 0.1) is 22.9 Å². The molecule has 0 fully saturated rings. The molecule has 0 saturated carbocycles. The number of thiazole rings is 2. The Morgan fingerprint density at radius 3 is 2.75 bits per heavy atom. The fraction of sp³-hybridized carbons (Fsp3) is 0.571. The second-order valence-corrected chi connectivity index (χ2v) is 7.02. The molecule has 0 aromatic carbocycles. The van der Waals surface area contributed by atoms with Gasteiger partial charge in [-0.15, -0.1) is 22.7 Å². The molecular weight excluding hydrogens is 288 g/mol. The fourth-order valence-electron chi connectivity index (χ4n) is 1.91. The highest BCUT2D eigenvalue weighted by Gasteiger charge is 2.12. The van der Waals surface area contributed by atoms with E-state index in [2.05, 4.69) is 46.5 Å². The monoisotopic (exact) mass is 310 g/mol. The molecule has 2 aromatic heterocycles. The first-order chi connectivity index (χ1) is 9.60. The van der Waals surface area contributed by atoms with Crippen molar-refractivity contribution < 1.29 is 0 Å². The van der Waals surface area contributed by atoms with Gasteiger partial charge in [0, 0.05) is 23.8 Å². The minimum atomic E-state index is 0.819. The van der Waals surface area contributed by atoms with Crippen LogP contribution in [0.25, 0.3) is 0 Å². The van der Waals surface area contributed by atoms with Crippen LogP contribution in [0.15, 0.2) is 5.38 Å². The molecule has 0 spiro atoms. The van der Waals surface area contributed by atoms with E-state index in [1.165, 1.54) is 4.88 Å². The maximum Gasteiger partial charge on any atom is 0.185 e. The van der Waals surface area contributed by atoms with Gasteiger partial charge in [-0.25, -0.2) is 9.97 Å². The van der Waals surface area contributed by atoms with Crippen LogP contribution in [0.5, 0.6) is 0 Å². The highest BCUT2D eigenvalue weighted by Crippen LogP contribution is 2.26. The fourth-order valence-corrected chi connectivity index (χ4v) is 3.50. The smallest absolute Gasteiger partial charge is 0.185 e. The lowest BCUT2D eigenvalue weighted by molar-refractivity contribution is 0.678. The third-order valence-electron chi connectivity index (χ3n) is 2.99. The van der Waals surface area contributed by atoms with E-state index in [4.69, 9.17) is 0 Å². The Balaban J connectivity index is 1.99. The lowest BCUT2D eigenvalue weighted by Crippen LogP contribution is -2.16. The molecule has 2 heterocycles. The second kappa shape index (κ2) is 7.15. The average Bonchev–Trinajstić information content (AvgIpc) is 2.97. The Hall–Kier alpha value is -0.980. The van der Waals surface area contributed by atoms with Gasteiger partial charge in [-0.1, -0.05) is 6.92 Å². The summed E-state index contributed by atoms with van der Waals surface area (Å²) in [4.78, 5) is 12.7. The summed E-state index contributed by atoms with van der Waals surface area (Å²) < 4.78 is 0. The third-order valence-corrected chi connectivity index (χ3v) is 5.08. The molecule has 0 amide bonds. The average molecular weight is 310 g/mol. The largest absolute Gasteiger partial charge is 0.345 e. The molecular formula is C14H22N4S2. The van der Waals surface area contributed by atoms with Crippen molar-refractivity contribution in [1.29, 1.82) is 0 Å². The first-order valence-corrected chi connectivity index (χ1v) is 8.59. The summed E-state index contributed by atoms with van der Waals surface area (Å²) in [5.74, 6) is 0. The van der Waals surface area contributed by atoms with Gasteiger partial charge in [0.2, 0.25) is 0 Å².